The molecule has 0 aliphatic carbocycles. The average molecular weight is 291 g/mol. The highest BCUT2D eigenvalue weighted by molar-refractivity contribution is 5.46. The molecule has 118 valence electrons. The van der Waals surface area contributed by atoms with E-state index in [-0.39, 0.29) is 12.1 Å². The predicted octanol–water partition coefficient (Wildman–Crippen LogP) is 1.73. The third-order valence-electron chi connectivity index (χ3n) is 4.58. The van der Waals surface area contributed by atoms with Gasteiger partial charge in [-0.2, -0.15) is 0 Å². The highest BCUT2D eigenvalue weighted by Crippen LogP contribution is 2.26. The van der Waals surface area contributed by atoms with Crippen LogP contribution in [-0.4, -0.2) is 42.9 Å². The second-order valence-corrected chi connectivity index (χ2v) is 6.22. The number of aliphatic hydroxyl groups excluding tert-OH is 1. The number of anilines is 1. The highest BCUT2D eigenvalue weighted by Gasteiger charge is 2.34. The number of nitrogens with two attached hydrogens (primary N) is 1. The number of benzene rings is 1. The minimum absolute atomic E-state index is 0.0557. The Morgan fingerprint density at radius 2 is 1.95 bits per heavy atom. The molecule has 0 amide bonds. The molecule has 1 heterocycles. The first-order valence-electron chi connectivity index (χ1n) is 8.08. The van der Waals surface area contributed by atoms with E-state index in [0.717, 1.165) is 38.8 Å². The van der Waals surface area contributed by atoms with Crippen molar-refractivity contribution in [3.05, 3.63) is 30.3 Å². The molecule has 4 N–H and O–H groups in total. The molecule has 21 heavy (non-hydrogen) atoms. The number of aliphatic hydroxyl groups is 1. The van der Waals surface area contributed by atoms with Crippen LogP contribution in [0.15, 0.2) is 30.3 Å². The zero-order valence-electron chi connectivity index (χ0n) is 13.1. The van der Waals surface area contributed by atoms with Crippen molar-refractivity contribution in [2.45, 2.75) is 44.2 Å². The van der Waals surface area contributed by atoms with Crippen LogP contribution in [0.5, 0.6) is 0 Å². The molecule has 4 heteroatoms. The van der Waals surface area contributed by atoms with E-state index >= 15 is 0 Å². The van der Waals surface area contributed by atoms with Crippen molar-refractivity contribution in [2.24, 2.45) is 5.73 Å². The van der Waals surface area contributed by atoms with Crippen LogP contribution in [0, 0.1) is 0 Å². The van der Waals surface area contributed by atoms with Crippen LogP contribution in [-0.2, 0) is 0 Å². The summed E-state index contributed by atoms with van der Waals surface area (Å²) in [5.74, 6) is 0. The zero-order chi connectivity index (χ0) is 15.1. The van der Waals surface area contributed by atoms with Gasteiger partial charge in [0.05, 0.1) is 0 Å². The summed E-state index contributed by atoms with van der Waals surface area (Å²) in [5.41, 5.74) is 7.43. The molecule has 0 saturated carbocycles. The SMILES string of the molecule is CC(CCCO)NC1(CN)CCN(c2ccccc2)CC1. The van der Waals surface area contributed by atoms with Gasteiger partial charge in [0.2, 0.25) is 0 Å². The van der Waals surface area contributed by atoms with Crippen molar-refractivity contribution in [1.82, 2.24) is 5.32 Å². The van der Waals surface area contributed by atoms with Gasteiger partial charge in [0.15, 0.2) is 0 Å². The van der Waals surface area contributed by atoms with Crippen molar-refractivity contribution in [1.29, 1.82) is 0 Å². The van der Waals surface area contributed by atoms with Gasteiger partial charge in [-0.05, 0) is 44.7 Å². The van der Waals surface area contributed by atoms with Crippen molar-refractivity contribution in [3.63, 3.8) is 0 Å². The van der Waals surface area contributed by atoms with E-state index in [1.165, 1.54) is 5.69 Å². The second kappa shape index (κ2) is 7.78. The topological polar surface area (TPSA) is 61.5 Å². The number of para-hydroxylation sites is 1. The Kier molecular flexibility index (Phi) is 6.03. The lowest BCUT2D eigenvalue weighted by Gasteiger charge is -2.44. The summed E-state index contributed by atoms with van der Waals surface area (Å²) in [5, 5.41) is 12.7. The Bertz CT molecular complexity index is 402. The number of nitrogens with one attached hydrogen (secondary N) is 1. The Labute approximate surface area is 128 Å². The molecule has 1 aliphatic heterocycles. The minimum atomic E-state index is 0.0557. The monoisotopic (exact) mass is 291 g/mol. The maximum Gasteiger partial charge on any atom is 0.0431 e. The summed E-state index contributed by atoms with van der Waals surface area (Å²) in [6.45, 7) is 5.22. The largest absolute Gasteiger partial charge is 0.396 e. The second-order valence-electron chi connectivity index (χ2n) is 6.22. The smallest absolute Gasteiger partial charge is 0.0431 e. The molecule has 1 unspecified atom stereocenters. The molecule has 1 aliphatic rings. The van der Waals surface area contributed by atoms with Gasteiger partial charge in [-0.1, -0.05) is 18.2 Å². The van der Waals surface area contributed by atoms with Gasteiger partial charge in [0.25, 0.3) is 0 Å². The van der Waals surface area contributed by atoms with E-state index in [0.29, 0.717) is 12.6 Å². The van der Waals surface area contributed by atoms with Gasteiger partial charge in [-0.3, -0.25) is 0 Å². The van der Waals surface area contributed by atoms with Gasteiger partial charge in [-0.25, -0.2) is 0 Å². The summed E-state index contributed by atoms with van der Waals surface area (Å²) in [6.07, 6.45) is 4.00. The van der Waals surface area contributed by atoms with Crippen LogP contribution in [0.1, 0.15) is 32.6 Å². The summed E-state index contributed by atoms with van der Waals surface area (Å²) in [4.78, 5) is 2.44. The molecule has 1 atom stereocenters. The van der Waals surface area contributed by atoms with Crippen LogP contribution in [0.4, 0.5) is 5.69 Å². The fourth-order valence-corrected chi connectivity index (χ4v) is 3.23. The summed E-state index contributed by atoms with van der Waals surface area (Å²) < 4.78 is 0. The lowest BCUT2D eigenvalue weighted by Crippen LogP contribution is -2.60. The number of rotatable bonds is 7. The van der Waals surface area contributed by atoms with E-state index in [1.807, 2.05) is 0 Å². The summed E-state index contributed by atoms with van der Waals surface area (Å²) in [7, 11) is 0. The van der Waals surface area contributed by atoms with Gasteiger partial charge in [0, 0.05) is 43.5 Å². The summed E-state index contributed by atoms with van der Waals surface area (Å²) in [6, 6.07) is 11.0. The number of hydrogen-bond acceptors (Lipinski definition) is 4. The van der Waals surface area contributed by atoms with Crippen LogP contribution >= 0.6 is 0 Å². The van der Waals surface area contributed by atoms with Crippen molar-refractivity contribution in [2.75, 3.05) is 31.1 Å². The number of nitrogens with zero attached hydrogens (tertiary/aromatic N) is 1. The average Bonchev–Trinajstić information content (AvgIpc) is 2.54. The quantitative estimate of drug-likeness (QED) is 0.716. The van der Waals surface area contributed by atoms with Crippen molar-refractivity contribution >= 4 is 5.69 Å². The standard InChI is InChI=1S/C17H29N3O/c1-15(6-5-13-21)19-17(14-18)9-11-20(12-10-17)16-7-3-2-4-8-16/h2-4,7-8,15,19,21H,5-6,9-14,18H2,1H3. The van der Waals surface area contributed by atoms with E-state index in [2.05, 4.69) is 47.5 Å². The van der Waals surface area contributed by atoms with E-state index in [4.69, 9.17) is 10.8 Å². The highest BCUT2D eigenvalue weighted by atomic mass is 16.2. The van der Waals surface area contributed by atoms with Crippen molar-refractivity contribution < 1.29 is 5.11 Å². The third-order valence-corrected chi connectivity index (χ3v) is 4.58. The first kappa shape index (κ1) is 16.3. The van der Waals surface area contributed by atoms with Gasteiger partial charge >= 0.3 is 0 Å². The van der Waals surface area contributed by atoms with Crippen LogP contribution in [0.25, 0.3) is 0 Å². The Morgan fingerprint density at radius 3 is 2.52 bits per heavy atom. The van der Waals surface area contributed by atoms with E-state index in [9.17, 15) is 0 Å². The molecule has 2 rings (SSSR count). The van der Waals surface area contributed by atoms with Gasteiger partial charge in [0.1, 0.15) is 0 Å². The predicted molar refractivity (Wildman–Crippen MR) is 88.6 cm³/mol. The van der Waals surface area contributed by atoms with Gasteiger partial charge < -0.3 is 21.1 Å². The molecule has 0 radical (unpaired) electrons. The number of piperidine rings is 1. The Balaban J connectivity index is 1.90. The van der Waals surface area contributed by atoms with Crippen LogP contribution < -0.4 is 16.0 Å². The van der Waals surface area contributed by atoms with E-state index in [1.54, 1.807) is 0 Å². The number of hydrogen-bond donors (Lipinski definition) is 3. The first-order chi connectivity index (χ1) is 10.2. The zero-order valence-corrected chi connectivity index (χ0v) is 13.1. The molecule has 1 aromatic carbocycles. The maximum absolute atomic E-state index is 8.94. The fourth-order valence-electron chi connectivity index (χ4n) is 3.23. The molecule has 0 bridgehead atoms. The molecular weight excluding hydrogens is 262 g/mol. The van der Waals surface area contributed by atoms with Gasteiger partial charge in [-0.15, -0.1) is 0 Å². The fraction of sp³-hybridized carbons (Fsp3) is 0.647. The molecule has 4 nitrogen and oxygen atoms in total. The summed E-state index contributed by atoms with van der Waals surface area (Å²) >= 11 is 0. The van der Waals surface area contributed by atoms with E-state index < -0.39 is 0 Å². The lowest BCUT2D eigenvalue weighted by atomic mass is 9.86. The minimum Gasteiger partial charge on any atom is -0.396 e. The van der Waals surface area contributed by atoms with Crippen LogP contribution in [0.3, 0.4) is 0 Å². The molecular formula is C17H29N3O. The maximum atomic E-state index is 8.94. The molecule has 1 aromatic rings. The first-order valence-corrected chi connectivity index (χ1v) is 8.08. The lowest BCUT2D eigenvalue weighted by molar-refractivity contribution is 0.224. The Morgan fingerprint density at radius 1 is 1.29 bits per heavy atom. The molecule has 1 saturated heterocycles. The normalized spacial score (nSPS) is 19.5. The molecule has 1 fully saturated rings. The third kappa shape index (κ3) is 4.43. The van der Waals surface area contributed by atoms with Crippen LogP contribution in [0.2, 0.25) is 0 Å². The van der Waals surface area contributed by atoms with Crippen molar-refractivity contribution in [3.8, 4) is 0 Å². The molecule has 0 spiro atoms. The Hall–Kier alpha value is -1.10. The molecule has 0 aromatic heterocycles.